The normalized spacial score (nSPS) is 16.7. The Bertz CT molecular complexity index is 1000. The summed E-state index contributed by atoms with van der Waals surface area (Å²) in [5, 5.41) is 8.75. The topological polar surface area (TPSA) is 73.8 Å². The van der Waals surface area contributed by atoms with Gasteiger partial charge in [0, 0.05) is 33.2 Å². The van der Waals surface area contributed by atoms with E-state index < -0.39 is 15.5 Å². The first-order valence-corrected chi connectivity index (χ1v) is 11.1. The number of halogens is 4. The molecule has 31 heavy (non-hydrogen) atoms. The first kappa shape index (κ1) is 25.7. The zero-order chi connectivity index (χ0) is 21.8. The standard InChI is InChI=1S/C20H25F3N4O2S.HI/c1-24-19(26-14-17-7-4-6-16-5-2-3-8-18(16)17)25-13-15-9-11-27(12-10-15)30(28,29)20(21,22)23;/h2-8,15H,9-14H2,1H3,(H2,24,25,26);1H. The van der Waals surface area contributed by atoms with Gasteiger partial charge in [-0.1, -0.05) is 42.5 Å². The van der Waals surface area contributed by atoms with E-state index in [4.69, 9.17) is 0 Å². The predicted molar refractivity (Wildman–Crippen MR) is 127 cm³/mol. The number of benzene rings is 2. The van der Waals surface area contributed by atoms with E-state index in [9.17, 15) is 21.6 Å². The van der Waals surface area contributed by atoms with Crippen molar-refractivity contribution in [3.8, 4) is 0 Å². The van der Waals surface area contributed by atoms with Crippen LogP contribution in [0.25, 0.3) is 10.8 Å². The molecule has 2 aromatic carbocycles. The number of aliphatic imine (C=N–C) groups is 1. The summed E-state index contributed by atoms with van der Waals surface area (Å²) in [6, 6.07) is 14.2. The highest BCUT2D eigenvalue weighted by Crippen LogP contribution is 2.30. The van der Waals surface area contributed by atoms with Crippen LogP contribution in [0.2, 0.25) is 0 Å². The molecule has 0 aliphatic carbocycles. The van der Waals surface area contributed by atoms with Gasteiger partial charge in [0.2, 0.25) is 0 Å². The van der Waals surface area contributed by atoms with Crippen molar-refractivity contribution in [1.29, 1.82) is 0 Å². The second-order valence-electron chi connectivity index (χ2n) is 7.24. The highest BCUT2D eigenvalue weighted by molar-refractivity contribution is 14.0. The van der Waals surface area contributed by atoms with Crippen molar-refractivity contribution < 1.29 is 21.6 Å². The van der Waals surface area contributed by atoms with Gasteiger partial charge in [-0.25, -0.2) is 8.42 Å². The molecular formula is C20H26F3IN4O2S. The van der Waals surface area contributed by atoms with Crippen LogP contribution in [0.15, 0.2) is 47.5 Å². The molecule has 2 N–H and O–H groups in total. The first-order valence-electron chi connectivity index (χ1n) is 9.70. The summed E-state index contributed by atoms with van der Waals surface area (Å²) >= 11 is 0. The average Bonchev–Trinajstić information content (AvgIpc) is 2.73. The van der Waals surface area contributed by atoms with Gasteiger partial charge in [0.25, 0.3) is 0 Å². The molecule has 3 rings (SSSR count). The lowest BCUT2D eigenvalue weighted by Crippen LogP contribution is -2.47. The number of fused-ring (bicyclic) bond motifs is 1. The Morgan fingerprint density at radius 3 is 2.39 bits per heavy atom. The van der Waals surface area contributed by atoms with Crippen LogP contribution in [0.1, 0.15) is 18.4 Å². The number of nitrogens with zero attached hydrogens (tertiary/aromatic N) is 2. The van der Waals surface area contributed by atoms with Crippen LogP contribution in [-0.2, 0) is 16.6 Å². The number of sulfonamides is 1. The van der Waals surface area contributed by atoms with Crippen molar-refractivity contribution in [3.63, 3.8) is 0 Å². The Morgan fingerprint density at radius 1 is 1.10 bits per heavy atom. The quantitative estimate of drug-likeness (QED) is 0.327. The molecular weight excluding hydrogens is 544 g/mol. The van der Waals surface area contributed by atoms with Gasteiger partial charge in [0.05, 0.1) is 0 Å². The molecule has 2 aromatic rings. The molecule has 0 spiro atoms. The lowest BCUT2D eigenvalue weighted by molar-refractivity contribution is -0.0496. The third-order valence-corrected chi connectivity index (χ3v) is 6.94. The summed E-state index contributed by atoms with van der Waals surface area (Å²) in [4.78, 5) is 4.19. The predicted octanol–water partition coefficient (Wildman–Crippen LogP) is 3.68. The van der Waals surface area contributed by atoms with E-state index in [1.165, 1.54) is 0 Å². The van der Waals surface area contributed by atoms with Gasteiger partial charge in [-0.05, 0) is 35.1 Å². The monoisotopic (exact) mass is 570 g/mol. The van der Waals surface area contributed by atoms with Crippen LogP contribution < -0.4 is 10.6 Å². The van der Waals surface area contributed by atoms with Gasteiger partial charge < -0.3 is 10.6 Å². The van der Waals surface area contributed by atoms with Gasteiger partial charge in [-0.15, -0.1) is 24.0 Å². The number of rotatable bonds is 5. The number of hydrogen-bond acceptors (Lipinski definition) is 3. The van der Waals surface area contributed by atoms with Gasteiger partial charge in [0.15, 0.2) is 5.96 Å². The molecule has 172 valence electrons. The van der Waals surface area contributed by atoms with Crippen LogP contribution in [0.4, 0.5) is 13.2 Å². The van der Waals surface area contributed by atoms with Gasteiger partial charge in [0.1, 0.15) is 0 Å². The second kappa shape index (κ2) is 10.8. The molecule has 6 nitrogen and oxygen atoms in total. The lowest BCUT2D eigenvalue weighted by Gasteiger charge is -2.31. The van der Waals surface area contributed by atoms with Crippen LogP contribution in [0.3, 0.4) is 0 Å². The molecule has 11 heteroatoms. The minimum Gasteiger partial charge on any atom is -0.356 e. The smallest absolute Gasteiger partial charge is 0.356 e. The van der Waals surface area contributed by atoms with Crippen molar-refractivity contribution in [2.75, 3.05) is 26.7 Å². The number of nitrogens with one attached hydrogen (secondary N) is 2. The Kier molecular flexibility index (Phi) is 8.95. The highest BCUT2D eigenvalue weighted by atomic mass is 127. The van der Waals surface area contributed by atoms with E-state index in [2.05, 4.69) is 33.8 Å². The molecule has 1 aliphatic rings. The Hall–Kier alpha value is -1.60. The second-order valence-corrected chi connectivity index (χ2v) is 9.17. The molecule has 0 saturated carbocycles. The molecule has 1 aliphatic heterocycles. The van der Waals surface area contributed by atoms with Crippen molar-refractivity contribution in [3.05, 3.63) is 48.0 Å². The molecule has 0 unspecified atom stereocenters. The van der Waals surface area contributed by atoms with Crippen molar-refractivity contribution >= 4 is 50.7 Å². The maximum absolute atomic E-state index is 12.7. The fourth-order valence-electron chi connectivity index (χ4n) is 3.59. The number of alkyl halides is 3. The first-order chi connectivity index (χ1) is 14.2. The van der Waals surface area contributed by atoms with Crippen LogP contribution in [0.5, 0.6) is 0 Å². The molecule has 1 fully saturated rings. The molecule has 1 saturated heterocycles. The minimum absolute atomic E-state index is 0. The maximum atomic E-state index is 12.7. The molecule has 0 atom stereocenters. The summed E-state index contributed by atoms with van der Waals surface area (Å²) in [7, 11) is -3.59. The Morgan fingerprint density at radius 2 is 1.74 bits per heavy atom. The zero-order valence-corrected chi connectivity index (χ0v) is 20.2. The van der Waals surface area contributed by atoms with Gasteiger partial charge in [-0.3, -0.25) is 4.99 Å². The fraction of sp³-hybridized carbons (Fsp3) is 0.450. The van der Waals surface area contributed by atoms with Crippen molar-refractivity contribution in [2.24, 2.45) is 10.9 Å². The molecule has 0 amide bonds. The van der Waals surface area contributed by atoms with E-state index in [1.54, 1.807) is 7.05 Å². The highest BCUT2D eigenvalue weighted by Gasteiger charge is 2.50. The van der Waals surface area contributed by atoms with E-state index >= 15 is 0 Å². The van der Waals surface area contributed by atoms with Crippen molar-refractivity contribution in [2.45, 2.75) is 24.9 Å². The Labute approximate surface area is 197 Å². The lowest BCUT2D eigenvalue weighted by atomic mass is 9.98. The van der Waals surface area contributed by atoms with E-state index in [0.717, 1.165) is 16.3 Å². The van der Waals surface area contributed by atoms with Crippen molar-refractivity contribution in [1.82, 2.24) is 14.9 Å². The van der Waals surface area contributed by atoms with E-state index in [0.29, 0.717) is 36.2 Å². The largest absolute Gasteiger partial charge is 0.511 e. The molecule has 0 radical (unpaired) electrons. The zero-order valence-electron chi connectivity index (χ0n) is 17.0. The molecule has 1 heterocycles. The Balaban J connectivity index is 0.00000341. The minimum atomic E-state index is -5.24. The van der Waals surface area contributed by atoms with Gasteiger partial charge >= 0.3 is 15.5 Å². The van der Waals surface area contributed by atoms with E-state index in [1.807, 2.05) is 24.3 Å². The number of hydrogen-bond donors (Lipinski definition) is 2. The summed E-state index contributed by atoms with van der Waals surface area (Å²) < 4.78 is 61.5. The summed E-state index contributed by atoms with van der Waals surface area (Å²) in [5.41, 5.74) is -4.12. The SMILES string of the molecule is CN=C(NCc1cccc2ccccc12)NCC1CCN(S(=O)(=O)C(F)(F)F)CC1.I. The molecule has 0 bridgehead atoms. The van der Waals surface area contributed by atoms with E-state index in [-0.39, 0.29) is 43.0 Å². The summed E-state index contributed by atoms with van der Waals surface area (Å²) in [6.45, 7) is 0.824. The molecule has 0 aromatic heterocycles. The summed E-state index contributed by atoms with van der Waals surface area (Å²) in [6.07, 6.45) is 0.727. The van der Waals surface area contributed by atoms with Gasteiger partial charge in [-0.2, -0.15) is 17.5 Å². The summed E-state index contributed by atoms with van der Waals surface area (Å²) in [5.74, 6) is 0.661. The van der Waals surface area contributed by atoms with Crippen LogP contribution >= 0.6 is 24.0 Å². The number of piperidine rings is 1. The average molecular weight is 570 g/mol. The van der Waals surface area contributed by atoms with Crippen LogP contribution in [0, 0.1) is 5.92 Å². The number of guanidine groups is 1. The third kappa shape index (κ3) is 6.22. The van der Waals surface area contributed by atoms with Crippen LogP contribution in [-0.4, -0.2) is 50.9 Å². The fourth-order valence-corrected chi connectivity index (χ4v) is 4.57. The third-order valence-electron chi connectivity index (χ3n) is 5.31. The maximum Gasteiger partial charge on any atom is 0.511 e.